The molecule has 1 heterocycles. The van der Waals surface area contributed by atoms with Gasteiger partial charge < -0.3 is 0 Å². The molecule has 0 spiro atoms. The number of amides is 1. The first-order valence-corrected chi connectivity index (χ1v) is 6.85. The number of azide groups is 1. The molecule has 5 nitrogen and oxygen atoms in total. The number of nitrogens with zero attached hydrogens (tertiary/aromatic N) is 4. The maximum absolute atomic E-state index is 13.3. The molecule has 0 unspecified atom stereocenters. The molecule has 1 aromatic heterocycles. The number of hydrogen-bond acceptors (Lipinski definition) is 3. The third-order valence-electron chi connectivity index (χ3n) is 2.94. The fourth-order valence-electron chi connectivity index (χ4n) is 1.91. The monoisotopic (exact) mass is 316 g/mol. The molecule has 1 amide bonds. The van der Waals surface area contributed by atoms with Gasteiger partial charge in [0.05, 0.1) is 10.2 Å². The van der Waals surface area contributed by atoms with Crippen LogP contribution in [-0.4, -0.2) is 10.9 Å². The van der Waals surface area contributed by atoms with Gasteiger partial charge in [0.25, 0.3) is 0 Å². The van der Waals surface area contributed by atoms with Crippen molar-refractivity contribution >= 4 is 27.5 Å². The van der Waals surface area contributed by atoms with Gasteiger partial charge in [-0.1, -0.05) is 0 Å². The standard InChI is InChI=1S/C14H6F2N4OS/c15-9-3-1-8(5-10(9)16)14-18-11-4-2-7(6-12(11)22-14)13(21)19-20-17/h1-6H. The van der Waals surface area contributed by atoms with Gasteiger partial charge in [0, 0.05) is 16.0 Å². The third-order valence-corrected chi connectivity index (χ3v) is 4.00. The Kier molecular flexibility index (Phi) is 3.54. The zero-order chi connectivity index (χ0) is 15.7. The van der Waals surface area contributed by atoms with E-state index >= 15 is 0 Å². The number of aromatic nitrogens is 1. The quantitative estimate of drug-likeness (QED) is 0.390. The Morgan fingerprint density at radius 2 is 2.00 bits per heavy atom. The van der Waals surface area contributed by atoms with E-state index in [1.54, 1.807) is 12.1 Å². The topological polar surface area (TPSA) is 78.7 Å². The van der Waals surface area contributed by atoms with E-state index in [-0.39, 0.29) is 5.56 Å². The van der Waals surface area contributed by atoms with Crippen molar-refractivity contribution in [3.05, 3.63) is 64.0 Å². The molecule has 3 rings (SSSR count). The predicted molar refractivity (Wildman–Crippen MR) is 78.4 cm³/mol. The summed E-state index contributed by atoms with van der Waals surface area (Å²) >= 11 is 1.23. The Hall–Kier alpha value is -2.83. The van der Waals surface area contributed by atoms with Crippen LogP contribution in [0.15, 0.2) is 41.5 Å². The van der Waals surface area contributed by atoms with Crippen molar-refractivity contribution in [3.63, 3.8) is 0 Å². The van der Waals surface area contributed by atoms with Crippen molar-refractivity contribution in [2.75, 3.05) is 0 Å². The first-order valence-electron chi connectivity index (χ1n) is 6.04. The highest BCUT2D eigenvalue weighted by Crippen LogP contribution is 2.31. The van der Waals surface area contributed by atoms with Crippen LogP contribution < -0.4 is 0 Å². The second-order valence-corrected chi connectivity index (χ2v) is 5.36. The highest BCUT2D eigenvalue weighted by atomic mass is 32.1. The number of carbonyl (C=O) groups is 1. The summed E-state index contributed by atoms with van der Waals surface area (Å²) in [6, 6.07) is 8.19. The lowest BCUT2D eigenvalue weighted by Crippen LogP contribution is -1.91. The molecule has 0 N–H and O–H groups in total. The van der Waals surface area contributed by atoms with Crippen molar-refractivity contribution in [3.8, 4) is 10.6 Å². The zero-order valence-electron chi connectivity index (χ0n) is 10.8. The molecule has 8 heteroatoms. The van der Waals surface area contributed by atoms with Gasteiger partial charge in [0.2, 0.25) is 5.91 Å². The summed E-state index contributed by atoms with van der Waals surface area (Å²) in [6.07, 6.45) is 0. The lowest BCUT2D eigenvalue weighted by atomic mass is 10.2. The smallest absolute Gasteiger partial charge is 0.249 e. The van der Waals surface area contributed by atoms with Crippen molar-refractivity contribution in [1.29, 1.82) is 0 Å². The molecule has 0 bridgehead atoms. The van der Waals surface area contributed by atoms with Crippen LogP contribution in [0.3, 0.4) is 0 Å². The van der Waals surface area contributed by atoms with Crippen molar-refractivity contribution in [2.24, 2.45) is 5.11 Å². The minimum Gasteiger partial charge on any atom is -0.287 e. The molecule has 2 aromatic carbocycles. The van der Waals surface area contributed by atoms with Crippen LogP contribution in [0.5, 0.6) is 0 Å². The summed E-state index contributed by atoms with van der Waals surface area (Å²) in [5.74, 6) is -2.56. The van der Waals surface area contributed by atoms with Crippen LogP contribution in [0.25, 0.3) is 31.2 Å². The summed E-state index contributed by atoms with van der Waals surface area (Å²) < 4.78 is 26.9. The number of thiazole rings is 1. The van der Waals surface area contributed by atoms with E-state index in [4.69, 9.17) is 5.53 Å². The number of rotatable bonds is 2. The first kappa shape index (κ1) is 14.1. The van der Waals surface area contributed by atoms with Gasteiger partial charge >= 0.3 is 0 Å². The summed E-state index contributed by atoms with van der Waals surface area (Å²) in [4.78, 5) is 18.3. The molecule has 3 aromatic rings. The van der Waals surface area contributed by atoms with Crippen LogP contribution >= 0.6 is 11.3 Å². The van der Waals surface area contributed by atoms with Gasteiger partial charge in [-0.3, -0.25) is 4.79 Å². The molecule has 108 valence electrons. The van der Waals surface area contributed by atoms with E-state index in [2.05, 4.69) is 15.0 Å². The molecular formula is C14H6F2N4OS. The fraction of sp³-hybridized carbons (Fsp3) is 0. The Bertz CT molecular complexity index is 947. The largest absolute Gasteiger partial charge is 0.287 e. The van der Waals surface area contributed by atoms with E-state index in [1.165, 1.54) is 23.5 Å². The Balaban J connectivity index is 2.07. The molecule has 0 fully saturated rings. The second-order valence-electron chi connectivity index (χ2n) is 4.33. The van der Waals surface area contributed by atoms with E-state index in [9.17, 15) is 13.6 Å². The molecule has 0 saturated heterocycles. The summed E-state index contributed by atoms with van der Waals surface area (Å²) in [7, 11) is 0. The Labute approximate surface area is 126 Å². The maximum Gasteiger partial charge on any atom is 0.249 e. The predicted octanol–water partition coefficient (Wildman–Crippen LogP) is 4.69. The third kappa shape index (κ3) is 2.52. The van der Waals surface area contributed by atoms with E-state index in [0.717, 1.165) is 12.1 Å². The van der Waals surface area contributed by atoms with Gasteiger partial charge in [0.1, 0.15) is 5.01 Å². The van der Waals surface area contributed by atoms with Crippen LogP contribution in [0, 0.1) is 11.6 Å². The zero-order valence-corrected chi connectivity index (χ0v) is 11.6. The van der Waals surface area contributed by atoms with Crippen LogP contribution in [0.1, 0.15) is 10.4 Å². The number of halogens is 2. The molecule has 22 heavy (non-hydrogen) atoms. The highest BCUT2D eigenvalue weighted by Gasteiger charge is 2.11. The molecule has 0 aliphatic heterocycles. The average molecular weight is 316 g/mol. The van der Waals surface area contributed by atoms with Crippen LogP contribution in [0.2, 0.25) is 0 Å². The maximum atomic E-state index is 13.3. The summed E-state index contributed by atoms with van der Waals surface area (Å²) in [6.45, 7) is 0. The summed E-state index contributed by atoms with van der Waals surface area (Å²) in [5, 5.41) is 3.52. The van der Waals surface area contributed by atoms with Gasteiger partial charge in [0.15, 0.2) is 11.6 Å². The Morgan fingerprint density at radius 3 is 2.73 bits per heavy atom. The minimum absolute atomic E-state index is 0.241. The lowest BCUT2D eigenvalue weighted by Gasteiger charge is -1.96. The van der Waals surface area contributed by atoms with E-state index < -0.39 is 17.5 Å². The molecule has 0 radical (unpaired) electrons. The lowest BCUT2D eigenvalue weighted by molar-refractivity contribution is 0.100. The van der Waals surface area contributed by atoms with Gasteiger partial charge in [-0.25, -0.2) is 13.8 Å². The van der Waals surface area contributed by atoms with E-state index in [0.29, 0.717) is 20.8 Å². The first-order chi connectivity index (χ1) is 10.6. The van der Waals surface area contributed by atoms with E-state index in [1.807, 2.05) is 0 Å². The molecule has 0 atom stereocenters. The van der Waals surface area contributed by atoms with Crippen molar-refractivity contribution in [2.45, 2.75) is 0 Å². The number of fused-ring (bicyclic) bond motifs is 1. The van der Waals surface area contributed by atoms with Gasteiger partial charge in [-0.2, -0.15) is 0 Å². The number of carbonyl (C=O) groups excluding carboxylic acids is 1. The normalized spacial score (nSPS) is 10.5. The van der Waals surface area contributed by atoms with Crippen LogP contribution in [-0.2, 0) is 0 Å². The second kappa shape index (κ2) is 5.51. The number of benzene rings is 2. The molecule has 0 saturated carbocycles. The minimum atomic E-state index is -0.948. The molecular weight excluding hydrogens is 310 g/mol. The van der Waals surface area contributed by atoms with Crippen molar-refractivity contribution in [1.82, 2.24) is 4.98 Å². The fourth-order valence-corrected chi connectivity index (χ4v) is 2.91. The van der Waals surface area contributed by atoms with Gasteiger partial charge in [-0.15, -0.1) is 11.3 Å². The van der Waals surface area contributed by atoms with Crippen molar-refractivity contribution < 1.29 is 13.6 Å². The molecule has 0 aliphatic carbocycles. The number of hydrogen-bond donors (Lipinski definition) is 0. The summed E-state index contributed by atoms with van der Waals surface area (Å²) in [5.41, 5.74) is 9.58. The SMILES string of the molecule is [N-]=[N+]=NC(=O)c1ccc2nc(-c3ccc(F)c(F)c3)sc2c1. The highest BCUT2D eigenvalue weighted by molar-refractivity contribution is 7.21. The Morgan fingerprint density at radius 1 is 1.18 bits per heavy atom. The van der Waals surface area contributed by atoms with Gasteiger partial charge in [-0.05, 0) is 47.0 Å². The molecule has 0 aliphatic rings. The average Bonchev–Trinajstić information content (AvgIpc) is 2.93. The van der Waals surface area contributed by atoms with Crippen LogP contribution in [0.4, 0.5) is 8.78 Å².